The van der Waals surface area contributed by atoms with Crippen LogP contribution in [0.5, 0.6) is 0 Å². The van der Waals surface area contributed by atoms with Crippen molar-refractivity contribution in [1.82, 2.24) is 9.55 Å². The molecule has 3 nitrogen and oxygen atoms in total. The lowest BCUT2D eigenvalue weighted by Gasteiger charge is -2.27. The summed E-state index contributed by atoms with van der Waals surface area (Å²) in [5.41, 5.74) is 3.97. The van der Waals surface area contributed by atoms with Gasteiger partial charge in [-0.3, -0.25) is 0 Å². The third kappa shape index (κ3) is 2.36. The summed E-state index contributed by atoms with van der Waals surface area (Å²) in [4.78, 5) is 4.60. The molecule has 3 rings (SSSR count). The second kappa shape index (κ2) is 5.53. The summed E-state index contributed by atoms with van der Waals surface area (Å²) in [7, 11) is 0. The number of anilines is 1. The minimum Gasteiger partial charge on any atom is -0.352 e. The van der Waals surface area contributed by atoms with Gasteiger partial charge in [0.25, 0.3) is 0 Å². The Morgan fingerprint density at radius 3 is 3.15 bits per heavy atom. The summed E-state index contributed by atoms with van der Waals surface area (Å²) >= 11 is 0. The molecule has 0 saturated carbocycles. The lowest BCUT2D eigenvalue weighted by atomic mass is 9.87. The van der Waals surface area contributed by atoms with Gasteiger partial charge in [-0.25, -0.2) is 4.98 Å². The zero-order chi connectivity index (χ0) is 13.9. The number of hydrogen-bond acceptors (Lipinski definition) is 2. The molecule has 0 amide bonds. The molecule has 1 aromatic heterocycles. The summed E-state index contributed by atoms with van der Waals surface area (Å²) in [5, 5.41) is 3.35. The van der Waals surface area contributed by atoms with Crippen LogP contribution in [0.1, 0.15) is 35.7 Å². The highest BCUT2D eigenvalue weighted by Crippen LogP contribution is 2.34. The van der Waals surface area contributed by atoms with Crippen LogP contribution in [0.15, 0.2) is 43.1 Å². The van der Waals surface area contributed by atoms with Crippen molar-refractivity contribution in [3.8, 4) is 0 Å². The number of rotatable bonds is 4. The zero-order valence-electron chi connectivity index (χ0n) is 12.0. The average molecular weight is 267 g/mol. The minimum atomic E-state index is 0.397. The van der Waals surface area contributed by atoms with Gasteiger partial charge in [0, 0.05) is 12.7 Å². The third-order valence-corrected chi connectivity index (χ3v) is 3.93. The van der Waals surface area contributed by atoms with Gasteiger partial charge in [0.05, 0.1) is 11.7 Å². The Labute approximate surface area is 120 Å². The first-order chi connectivity index (χ1) is 9.79. The molecular formula is C17H21N3. The van der Waals surface area contributed by atoms with Gasteiger partial charge in [-0.15, -0.1) is 6.58 Å². The number of aromatic nitrogens is 2. The van der Waals surface area contributed by atoms with E-state index in [2.05, 4.69) is 51.9 Å². The van der Waals surface area contributed by atoms with E-state index >= 15 is 0 Å². The minimum absolute atomic E-state index is 0.397. The number of fused-ring (bicyclic) bond motifs is 1. The molecule has 1 aliphatic rings. The molecule has 1 unspecified atom stereocenters. The van der Waals surface area contributed by atoms with Crippen molar-refractivity contribution in [2.45, 2.75) is 32.2 Å². The number of aryl methyl sites for hydroxylation is 2. The fourth-order valence-electron chi connectivity index (χ4n) is 3.07. The molecule has 1 aliphatic carbocycles. The molecule has 1 heterocycles. The number of nitrogens with zero attached hydrogens (tertiary/aromatic N) is 2. The number of benzene rings is 1. The molecular weight excluding hydrogens is 246 g/mol. The molecule has 104 valence electrons. The second-order valence-corrected chi connectivity index (χ2v) is 5.39. The van der Waals surface area contributed by atoms with Crippen molar-refractivity contribution in [3.05, 3.63) is 59.9 Å². The molecule has 20 heavy (non-hydrogen) atoms. The van der Waals surface area contributed by atoms with Gasteiger partial charge in [-0.05, 0) is 37.3 Å². The molecule has 1 atom stereocenters. The predicted octanol–water partition coefficient (Wildman–Crippen LogP) is 3.72. The number of imidazole rings is 1. The molecule has 0 aliphatic heterocycles. The first-order valence-corrected chi connectivity index (χ1v) is 7.27. The Bertz CT molecular complexity index is 612. The van der Waals surface area contributed by atoms with E-state index < -0.39 is 0 Å². The Hall–Kier alpha value is -2.03. The maximum atomic E-state index is 4.60. The summed E-state index contributed by atoms with van der Waals surface area (Å²) < 4.78 is 2.29. The molecule has 0 spiro atoms. The Morgan fingerprint density at radius 1 is 1.45 bits per heavy atom. The summed E-state index contributed by atoms with van der Waals surface area (Å²) in [6.07, 6.45) is 7.62. The van der Waals surface area contributed by atoms with Gasteiger partial charge >= 0.3 is 0 Å². The molecule has 0 bridgehead atoms. The van der Waals surface area contributed by atoms with Gasteiger partial charge in [0.2, 0.25) is 5.95 Å². The maximum Gasteiger partial charge on any atom is 0.203 e. The van der Waals surface area contributed by atoms with Gasteiger partial charge in [-0.1, -0.05) is 30.3 Å². The summed E-state index contributed by atoms with van der Waals surface area (Å²) in [5.74, 6) is 0.948. The van der Waals surface area contributed by atoms with E-state index in [1.165, 1.54) is 30.4 Å². The van der Waals surface area contributed by atoms with E-state index in [0.29, 0.717) is 6.04 Å². The van der Waals surface area contributed by atoms with E-state index in [4.69, 9.17) is 0 Å². The van der Waals surface area contributed by atoms with Crippen molar-refractivity contribution >= 4 is 5.95 Å². The smallest absolute Gasteiger partial charge is 0.203 e. The lowest BCUT2D eigenvalue weighted by molar-refractivity contribution is 0.493. The molecule has 3 heteroatoms. The van der Waals surface area contributed by atoms with E-state index in [1.54, 1.807) is 0 Å². The van der Waals surface area contributed by atoms with Crippen LogP contribution in [-0.4, -0.2) is 16.1 Å². The largest absolute Gasteiger partial charge is 0.352 e. The first-order valence-electron chi connectivity index (χ1n) is 7.27. The van der Waals surface area contributed by atoms with Gasteiger partial charge in [-0.2, -0.15) is 0 Å². The van der Waals surface area contributed by atoms with Crippen LogP contribution in [0.25, 0.3) is 0 Å². The second-order valence-electron chi connectivity index (χ2n) is 5.39. The van der Waals surface area contributed by atoms with Crippen LogP contribution in [0.3, 0.4) is 0 Å². The summed E-state index contributed by atoms with van der Waals surface area (Å²) in [6.45, 7) is 6.55. The normalized spacial score (nSPS) is 17.6. The SMILES string of the molecule is C=CCNc1nc(C)cn1C1CCCc2ccccc21. The van der Waals surface area contributed by atoms with Gasteiger partial charge < -0.3 is 9.88 Å². The van der Waals surface area contributed by atoms with Crippen LogP contribution in [0.4, 0.5) is 5.95 Å². The Kier molecular flexibility index (Phi) is 3.59. The topological polar surface area (TPSA) is 29.9 Å². The molecule has 1 N–H and O–H groups in total. The summed E-state index contributed by atoms with van der Waals surface area (Å²) in [6, 6.07) is 9.18. The molecule has 2 aromatic rings. The average Bonchev–Trinajstić information content (AvgIpc) is 2.85. The van der Waals surface area contributed by atoms with Gasteiger partial charge in [0.15, 0.2) is 0 Å². The Balaban J connectivity index is 1.99. The molecule has 0 fully saturated rings. The molecule has 1 aromatic carbocycles. The van der Waals surface area contributed by atoms with Crippen molar-refractivity contribution in [1.29, 1.82) is 0 Å². The van der Waals surface area contributed by atoms with Crippen molar-refractivity contribution in [2.24, 2.45) is 0 Å². The monoisotopic (exact) mass is 267 g/mol. The third-order valence-electron chi connectivity index (χ3n) is 3.93. The van der Waals surface area contributed by atoms with E-state index in [-0.39, 0.29) is 0 Å². The van der Waals surface area contributed by atoms with Crippen LogP contribution in [0.2, 0.25) is 0 Å². The van der Waals surface area contributed by atoms with Crippen LogP contribution < -0.4 is 5.32 Å². The lowest BCUT2D eigenvalue weighted by Crippen LogP contribution is -2.19. The number of hydrogen-bond donors (Lipinski definition) is 1. The van der Waals surface area contributed by atoms with Gasteiger partial charge in [0.1, 0.15) is 0 Å². The highest BCUT2D eigenvalue weighted by Gasteiger charge is 2.23. The quantitative estimate of drug-likeness (QED) is 0.856. The Morgan fingerprint density at radius 2 is 2.30 bits per heavy atom. The van der Waals surface area contributed by atoms with E-state index in [9.17, 15) is 0 Å². The van der Waals surface area contributed by atoms with Crippen LogP contribution in [0, 0.1) is 6.92 Å². The zero-order valence-corrected chi connectivity index (χ0v) is 12.0. The fraction of sp³-hybridized carbons (Fsp3) is 0.353. The molecule has 0 saturated heterocycles. The van der Waals surface area contributed by atoms with E-state index in [1.807, 2.05) is 13.0 Å². The van der Waals surface area contributed by atoms with E-state index in [0.717, 1.165) is 18.2 Å². The van der Waals surface area contributed by atoms with Crippen molar-refractivity contribution in [3.63, 3.8) is 0 Å². The highest BCUT2D eigenvalue weighted by molar-refractivity contribution is 5.38. The first kappa shape index (κ1) is 13.0. The van der Waals surface area contributed by atoms with Crippen molar-refractivity contribution in [2.75, 3.05) is 11.9 Å². The molecule has 0 radical (unpaired) electrons. The number of nitrogens with one attached hydrogen (secondary N) is 1. The highest BCUT2D eigenvalue weighted by atomic mass is 15.2. The van der Waals surface area contributed by atoms with Crippen molar-refractivity contribution < 1.29 is 0 Å². The predicted molar refractivity (Wildman–Crippen MR) is 83.2 cm³/mol. The fourth-order valence-corrected chi connectivity index (χ4v) is 3.07. The maximum absolute atomic E-state index is 4.60. The van der Waals surface area contributed by atoms with Crippen LogP contribution in [-0.2, 0) is 6.42 Å². The van der Waals surface area contributed by atoms with Crippen LogP contribution >= 0.6 is 0 Å². The standard InChI is InChI=1S/C17H21N3/c1-3-11-18-17-19-13(2)12-20(17)16-10-6-8-14-7-4-5-9-15(14)16/h3-5,7,9,12,16H,1,6,8,10-11H2,2H3,(H,18,19).